The molecule has 0 fully saturated rings. The minimum Gasteiger partial charge on any atom is -0.363 e. The summed E-state index contributed by atoms with van der Waals surface area (Å²) in [5.74, 6) is 0. The molecule has 0 spiro atoms. The molecule has 0 aliphatic heterocycles. The highest BCUT2D eigenvalue weighted by Gasteiger charge is 2.09. The van der Waals surface area contributed by atoms with Crippen LogP contribution in [0.4, 0.5) is 0 Å². The second-order valence-electron chi connectivity index (χ2n) is 3.50. The van der Waals surface area contributed by atoms with Gasteiger partial charge in [0.05, 0.1) is 10.9 Å². The zero-order chi connectivity index (χ0) is 10.4. The van der Waals surface area contributed by atoms with E-state index >= 15 is 0 Å². The van der Waals surface area contributed by atoms with Crippen LogP contribution in [0.15, 0.2) is 29.0 Å². The van der Waals surface area contributed by atoms with Crippen molar-refractivity contribution in [2.24, 2.45) is 0 Å². The maximum atomic E-state index is 5.98. The normalized spacial score (nSPS) is 11.3. The first-order valence-electron chi connectivity index (χ1n) is 4.55. The van der Waals surface area contributed by atoms with Crippen molar-refractivity contribution in [1.82, 2.24) is 10.1 Å². The van der Waals surface area contributed by atoms with Crippen LogP contribution in [0.25, 0.3) is 21.8 Å². The van der Waals surface area contributed by atoms with Crippen molar-refractivity contribution in [3.05, 3.63) is 35.2 Å². The molecule has 4 heteroatoms. The zero-order valence-electron chi connectivity index (χ0n) is 7.99. The molecule has 0 aliphatic rings. The van der Waals surface area contributed by atoms with Crippen molar-refractivity contribution in [2.45, 2.75) is 6.92 Å². The van der Waals surface area contributed by atoms with Crippen LogP contribution in [0.3, 0.4) is 0 Å². The lowest BCUT2D eigenvalue weighted by Gasteiger charge is -2.00. The summed E-state index contributed by atoms with van der Waals surface area (Å²) in [6.07, 6.45) is 1.60. The molecule has 0 N–H and O–H groups in total. The van der Waals surface area contributed by atoms with E-state index in [1.165, 1.54) is 5.56 Å². The molecule has 0 bridgehead atoms. The molecule has 15 heavy (non-hydrogen) atoms. The summed E-state index contributed by atoms with van der Waals surface area (Å²) in [5.41, 5.74) is 2.66. The molecule has 3 aromatic rings. The monoisotopic (exact) mass is 218 g/mol. The van der Waals surface area contributed by atoms with Gasteiger partial charge >= 0.3 is 0 Å². The topological polar surface area (TPSA) is 38.9 Å². The fourth-order valence-electron chi connectivity index (χ4n) is 1.70. The number of fused-ring (bicyclic) bond motifs is 3. The van der Waals surface area contributed by atoms with Gasteiger partial charge in [0, 0.05) is 5.39 Å². The maximum Gasteiger partial charge on any atom is 0.159 e. The molecule has 3 nitrogen and oxygen atoms in total. The average Bonchev–Trinajstić information content (AvgIpc) is 2.69. The fourth-order valence-corrected chi connectivity index (χ4v) is 1.93. The van der Waals surface area contributed by atoms with Crippen LogP contribution in [0, 0.1) is 6.92 Å². The molecule has 0 unspecified atom stereocenters. The first-order chi connectivity index (χ1) is 7.25. The van der Waals surface area contributed by atoms with Gasteiger partial charge in [-0.05, 0) is 19.1 Å². The van der Waals surface area contributed by atoms with E-state index in [1.807, 2.05) is 19.1 Å². The fraction of sp³-hybridized carbons (Fsp3) is 0.0909. The van der Waals surface area contributed by atoms with E-state index in [9.17, 15) is 0 Å². The van der Waals surface area contributed by atoms with Gasteiger partial charge < -0.3 is 4.52 Å². The minimum atomic E-state index is 0.384. The van der Waals surface area contributed by atoms with E-state index in [4.69, 9.17) is 16.1 Å². The number of benzene rings is 1. The third-order valence-electron chi connectivity index (χ3n) is 2.43. The van der Waals surface area contributed by atoms with Crippen molar-refractivity contribution in [3.63, 3.8) is 0 Å². The van der Waals surface area contributed by atoms with E-state index < -0.39 is 0 Å². The van der Waals surface area contributed by atoms with Gasteiger partial charge in [-0.25, -0.2) is 4.98 Å². The van der Waals surface area contributed by atoms with Gasteiger partial charge in [-0.3, -0.25) is 0 Å². The number of halogens is 1. The molecule has 0 atom stereocenters. The Labute approximate surface area is 90.6 Å². The van der Waals surface area contributed by atoms with E-state index in [2.05, 4.69) is 16.2 Å². The van der Waals surface area contributed by atoms with Crippen LogP contribution in [0.2, 0.25) is 5.15 Å². The largest absolute Gasteiger partial charge is 0.363 e. The molecule has 0 radical (unpaired) electrons. The predicted molar refractivity (Wildman–Crippen MR) is 59.1 cm³/mol. The summed E-state index contributed by atoms with van der Waals surface area (Å²) in [6, 6.07) is 6.01. The van der Waals surface area contributed by atoms with Crippen LogP contribution in [0.5, 0.6) is 0 Å². The van der Waals surface area contributed by atoms with Gasteiger partial charge in [-0.1, -0.05) is 28.4 Å². The minimum absolute atomic E-state index is 0.384. The van der Waals surface area contributed by atoms with Crippen LogP contribution < -0.4 is 0 Å². The summed E-state index contributed by atoms with van der Waals surface area (Å²) in [4.78, 5) is 4.26. The summed E-state index contributed by atoms with van der Waals surface area (Å²) < 4.78 is 4.92. The van der Waals surface area contributed by atoms with Gasteiger partial charge in [0.2, 0.25) is 0 Å². The summed E-state index contributed by atoms with van der Waals surface area (Å²) in [7, 11) is 0. The first-order valence-corrected chi connectivity index (χ1v) is 4.93. The Balaban J connectivity index is 2.61. The smallest absolute Gasteiger partial charge is 0.159 e. The highest BCUT2D eigenvalue weighted by atomic mass is 35.5. The Morgan fingerprint density at radius 3 is 3.00 bits per heavy atom. The molecule has 0 amide bonds. The standard InChI is InChI=1S/C11H7ClN2O/c1-6-2-3-9-7(4-6)8-5-15-14-10(8)11(12)13-9/h2-5H,1H3. The van der Waals surface area contributed by atoms with Gasteiger partial charge in [0.1, 0.15) is 6.26 Å². The third-order valence-corrected chi connectivity index (χ3v) is 2.69. The Morgan fingerprint density at radius 1 is 1.27 bits per heavy atom. The van der Waals surface area contributed by atoms with Crippen LogP contribution in [0.1, 0.15) is 5.56 Å². The molecule has 0 saturated carbocycles. The molecular weight excluding hydrogens is 212 g/mol. The number of hydrogen-bond acceptors (Lipinski definition) is 3. The lowest BCUT2D eigenvalue weighted by atomic mass is 10.1. The van der Waals surface area contributed by atoms with Crippen molar-refractivity contribution in [1.29, 1.82) is 0 Å². The van der Waals surface area contributed by atoms with E-state index in [1.54, 1.807) is 6.26 Å². The molecule has 74 valence electrons. The van der Waals surface area contributed by atoms with Gasteiger partial charge in [-0.2, -0.15) is 0 Å². The third kappa shape index (κ3) is 1.20. The lowest BCUT2D eigenvalue weighted by Crippen LogP contribution is -1.83. The number of aromatic nitrogens is 2. The quantitative estimate of drug-likeness (QED) is 0.544. The predicted octanol–water partition coefficient (Wildman–Crippen LogP) is 3.34. The number of rotatable bonds is 0. The lowest BCUT2D eigenvalue weighted by molar-refractivity contribution is 0.428. The Kier molecular flexibility index (Phi) is 1.70. The molecule has 2 heterocycles. The van der Waals surface area contributed by atoms with Gasteiger partial charge in [0.25, 0.3) is 0 Å². The Bertz CT molecular complexity index is 660. The number of nitrogens with zero attached hydrogens (tertiary/aromatic N) is 2. The van der Waals surface area contributed by atoms with E-state index in [-0.39, 0.29) is 0 Å². The zero-order valence-corrected chi connectivity index (χ0v) is 8.75. The molecular formula is C11H7ClN2O. The van der Waals surface area contributed by atoms with E-state index in [0.29, 0.717) is 10.7 Å². The Hall–Kier alpha value is -1.61. The maximum absolute atomic E-state index is 5.98. The highest BCUT2D eigenvalue weighted by molar-refractivity contribution is 6.35. The number of pyridine rings is 1. The Morgan fingerprint density at radius 2 is 2.13 bits per heavy atom. The van der Waals surface area contributed by atoms with Crippen molar-refractivity contribution < 1.29 is 4.52 Å². The van der Waals surface area contributed by atoms with E-state index in [0.717, 1.165) is 16.3 Å². The van der Waals surface area contributed by atoms with Crippen molar-refractivity contribution in [2.75, 3.05) is 0 Å². The number of hydrogen-bond donors (Lipinski definition) is 0. The van der Waals surface area contributed by atoms with Crippen molar-refractivity contribution in [3.8, 4) is 0 Å². The van der Waals surface area contributed by atoms with Crippen LogP contribution in [-0.2, 0) is 0 Å². The molecule has 0 aliphatic carbocycles. The van der Waals surface area contributed by atoms with Crippen LogP contribution >= 0.6 is 11.6 Å². The second kappa shape index (κ2) is 2.94. The van der Waals surface area contributed by atoms with Gasteiger partial charge in [0.15, 0.2) is 10.7 Å². The molecule has 0 saturated heterocycles. The second-order valence-corrected chi connectivity index (χ2v) is 3.86. The van der Waals surface area contributed by atoms with Gasteiger partial charge in [-0.15, -0.1) is 0 Å². The summed E-state index contributed by atoms with van der Waals surface area (Å²) in [5, 5.41) is 6.15. The molecule has 2 aromatic heterocycles. The average molecular weight is 219 g/mol. The summed E-state index contributed by atoms with van der Waals surface area (Å²) >= 11 is 5.98. The summed E-state index contributed by atoms with van der Waals surface area (Å²) in [6.45, 7) is 2.04. The van der Waals surface area contributed by atoms with Crippen molar-refractivity contribution >= 4 is 33.4 Å². The molecule has 3 rings (SSSR count). The highest BCUT2D eigenvalue weighted by Crippen LogP contribution is 2.28. The molecule has 1 aromatic carbocycles. The SMILES string of the molecule is Cc1ccc2nc(Cl)c3nocc3c2c1. The number of aryl methyl sites for hydroxylation is 1. The first kappa shape index (κ1) is 8.68. The van der Waals surface area contributed by atoms with Crippen LogP contribution in [-0.4, -0.2) is 10.1 Å².